The van der Waals surface area contributed by atoms with Gasteiger partial charge in [-0.15, -0.1) is 0 Å². The number of aromatic nitrogens is 1. The van der Waals surface area contributed by atoms with Crippen LogP contribution in [0, 0.1) is 16.1 Å². The molecule has 1 heterocycles. The quantitative estimate of drug-likeness (QED) is 0.443. The maximum atomic E-state index is 12.7. The maximum Gasteiger partial charge on any atom is 0.324 e. The lowest BCUT2D eigenvalue weighted by Crippen LogP contribution is -1.99. The number of alkyl halides is 2. The number of nitro groups is 1. The molecular formula is C6H2ClF3N2O2. The third kappa shape index (κ3) is 1.92. The number of pyridine rings is 1. The van der Waals surface area contributed by atoms with Crippen molar-refractivity contribution in [1.82, 2.24) is 4.98 Å². The van der Waals surface area contributed by atoms with Gasteiger partial charge in [0.1, 0.15) is 5.15 Å². The van der Waals surface area contributed by atoms with Crippen LogP contribution in [0.5, 0.6) is 0 Å². The minimum atomic E-state index is -3.03. The Hall–Kier alpha value is -1.37. The van der Waals surface area contributed by atoms with Crippen LogP contribution in [-0.4, -0.2) is 9.91 Å². The summed E-state index contributed by atoms with van der Waals surface area (Å²) in [6.45, 7) is 0. The highest BCUT2D eigenvalue weighted by atomic mass is 35.5. The van der Waals surface area contributed by atoms with E-state index >= 15 is 0 Å². The standard InChI is InChI=1S/C6H2ClF3N2O2/c7-4-2(5(8)9)1-3(12(13)14)6(10)11-4/h1,5H. The van der Waals surface area contributed by atoms with Gasteiger partial charge >= 0.3 is 5.69 Å². The highest BCUT2D eigenvalue weighted by Gasteiger charge is 2.23. The average Bonchev–Trinajstić information content (AvgIpc) is 2.02. The van der Waals surface area contributed by atoms with Crippen molar-refractivity contribution >= 4 is 17.3 Å². The zero-order chi connectivity index (χ0) is 10.9. The van der Waals surface area contributed by atoms with Gasteiger partial charge in [-0.3, -0.25) is 10.1 Å². The van der Waals surface area contributed by atoms with Crippen molar-refractivity contribution in [3.8, 4) is 0 Å². The van der Waals surface area contributed by atoms with Crippen LogP contribution in [0.15, 0.2) is 6.07 Å². The molecule has 0 amide bonds. The number of halogens is 4. The van der Waals surface area contributed by atoms with E-state index in [1.54, 1.807) is 0 Å². The van der Waals surface area contributed by atoms with Gasteiger partial charge < -0.3 is 0 Å². The Morgan fingerprint density at radius 2 is 2.14 bits per heavy atom. The van der Waals surface area contributed by atoms with Crippen LogP contribution in [0.2, 0.25) is 5.15 Å². The third-order valence-electron chi connectivity index (χ3n) is 1.37. The number of nitrogens with zero attached hydrogens (tertiary/aromatic N) is 2. The molecule has 1 aromatic rings. The van der Waals surface area contributed by atoms with Crippen molar-refractivity contribution in [3.05, 3.63) is 32.8 Å². The normalized spacial score (nSPS) is 10.6. The van der Waals surface area contributed by atoms with E-state index in [0.717, 1.165) is 0 Å². The van der Waals surface area contributed by atoms with Crippen LogP contribution in [0.1, 0.15) is 12.0 Å². The van der Waals surface area contributed by atoms with Gasteiger partial charge in [-0.05, 0) is 0 Å². The lowest BCUT2D eigenvalue weighted by molar-refractivity contribution is -0.388. The zero-order valence-corrected chi connectivity index (χ0v) is 7.13. The summed E-state index contributed by atoms with van der Waals surface area (Å²) in [5, 5.41) is 9.37. The van der Waals surface area contributed by atoms with Crippen molar-refractivity contribution < 1.29 is 18.1 Å². The third-order valence-corrected chi connectivity index (χ3v) is 1.67. The van der Waals surface area contributed by atoms with Crippen molar-refractivity contribution in [2.75, 3.05) is 0 Å². The van der Waals surface area contributed by atoms with Gasteiger partial charge in [-0.25, -0.2) is 13.8 Å². The van der Waals surface area contributed by atoms with Gasteiger partial charge in [0.05, 0.1) is 10.5 Å². The Labute approximate surface area is 80.5 Å². The van der Waals surface area contributed by atoms with Crippen molar-refractivity contribution in [1.29, 1.82) is 0 Å². The maximum absolute atomic E-state index is 12.7. The second-order valence-corrected chi connectivity index (χ2v) is 2.59. The molecule has 0 bridgehead atoms. The smallest absolute Gasteiger partial charge is 0.258 e. The van der Waals surface area contributed by atoms with Crippen LogP contribution < -0.4 is 0 Å². The first-order valence-corrected chi connectivity index (χ1v) is 3.59. The van der Waals surface area contributed by atoms with E-state index in [2.05, 4.69) is 4.98 Å². The van der Waals surface area contributed by atoms with Gasteiger partial charge in [0.25, 0.3) is 12.4 Å². The molecule has 0 saturated carbocycles. The lowest BCUT2D eigenvalue weighted by atomic mass is 10.3. The fourth-order valence-corrected chi connectivity index (χ4v) is 0.967. The first-order chi connectivity index (χ1) is 6.43. The first-order valence-electron chi connectivity index (χ1n) is 3.22. The summed E-state index contributed by atoms with van der Waals surface area (Å²) >= 11 is 5.15. The zero-order valence-electron chi connectivity index (χ0n) is 6.38. The molecule has 0 aliphatic rings. The number of rotatable bonds is 2. The predicted octanol–water partition coefficient (Wildman–Crippen LogP) is 2.72. The van der Waals surface area contributed by atoms with Gasteiger partial charge in [0, 0.05) is 6.07 Å². The number of hydrogen-bond donors (Lipinski definition) is 0. The van der Waals surface area contributed by atoms with Gasteiger partial charge in [-0.2, -0.15) is 4.39 Å². The topological polar surface area (TPSA) is 56.0 Å². The van der Waals surface area contributed by atoms with E-state index in [-0.39, 0.29) is 0 Å². The molecule has 4 nitrogen and oxygen atoms in total. The summed E-state index contributed by atoms with van der Waals surface area (Å²) in [5.74, 6) is -1.48. The molecule has 0 unspecified atom stereocenters. The molecule has 0 saturated heterocycles. The molecule has 14 heavy (non-hydrogen) atoms. The van der Waals surface area contributed by atoms with E-state index < -0.39 is 33.7 Å². The molecule has 0 atom stereocenters. The van der Waals surface area contributed by atoms with E-state index in [1.165, 1.54) is 0 Å². The molecule has 8 heteroatoms. The second kappa shape index (κ2) is 3.79. The molecule has 0 fully saturated rings. The molecule has 0 aliphatic carbocycles. The molecule has 0 radical (unpaired) electrons. The fraction of sp³-hybridized carbons (Fsp3) is 0.167. The first kappa shape index (κ1) is 10.7. The summed E-state index contributed by atoms with van der Waals surface area (Å²) < 4.78 is 36.9. The molecule has 1 aromatic heterocycles. The molecular weight excluding hydrogens is 225 g/mol. The van der Waals surface area contributed by atoms with Gasteiger partial charge in [0.15, 0.2) is 0 Å². The molecule has 1 rings (SSSR count). The summed E-state index contributed by atoms with van der Waals surface area (Å²) in [7, 11) is 0. The largest absolute Gasteiger partial charge is 0.324 e. The fourth-order valence-electron chi connectivity index (χ4n) is 0.755. The highest BCUT2D eigenvalue weighted by molar-refractivity contribution is 6.30. The lowest BCUT2D eigenvalue weighted by Gasteiger charge is -2.01. The summed E-state index contributed by atoms with van der Waals surface area (Å²) in [6.07, 6.45) is -3.03. The van der Waals surface area contributed by atoms with Crippen LogP contribution in [0.3, 0.4) is 0 Å². The minimum absolute atomic E-state index is 0.370. The van der Waals surface area contributed by atoms with E-state index in [0.29, 0.717) is 6.07 Å². The summed E-state index contributed by atoms with van der Waals surface area (Å²) in [4.78, 5) is 11.8. The van der Waals surface area contributed by atoms with Crippen LogP contribution in [-0.2, 0) is 0 Å². The molecule has 0 aliphatic heterocycles. The molecule has 0 N–H and O–H groups in total. The molecule has 76 valence electrons. The van der Waals surface area contributed by atoms with Crippen LogP contribution in [0.25, 0.3) is 0 Å². The van der Waals surface area contributed by atoms with Crippen molar-refractivity contribution in [2.45, 2.75) is 6.43 Å². The van der Waals surface area contributed by atoms with Gasteiger partial charge in [-0.1, -0.05) is 11.6 Å². The number of hydrogen-bond acceptors (Lipinski definition) is 3. The van der Waals surface area contributed by atoms with Crippen LogP contribution >= 0.6 is 11.6 Å². The monoisotopic (exact) mass is 226 g/mol. The van der Waals surface area contributed by atoms with E-state index in [9.17, 15) is 23.3 Å². The van der Waals surface area contributed by atoms with E-state index in [1.807, 2.05) is 0 Å². The Balaban J connectivity index is 3.34. The Kier molecular flexibility index (Phi) is 2.90. The minimum Gasteiger partial charge on any atom is -0.258 e. The van der Waals surface area contributed by atoms with Crippen molar-refractivity contribution in [2.24, 2.45) is 0 Å². The molecule has 0 spiro atoms. The van der Waals surface area contributed by atoms with Crippen molar-refractivity contribution in [3.63, 3.8) is 0 Å². The van der Waals surface area contributed by atoms with E-state index in [4.69, 9.17) is 11.6 Å². The SMILES string of the molecule is O=[N+]([O-])c1cc(C(F)F)c(Cl)nc1F. The Morgan fingerprint density at radius 3 is 2.57 bits per heavy atom. The second-order valence-electron chi connectivity index (χ2n) is 2.24. The molecule has 0 aromatic carbocycles. The van der Waals surface area contributed by atoms with Crippen LogP contribution in [0.4, 0.5) is 18.9 Å². The van der Waals surface area contributed by atoms with Gasteiger partial charge in [0.2, 0.25) is 0 Å². The Bertz CT molecular complexity index is 386. The summed E-state index contributed by atoms with van der Waals surface area (Å²) in [5.41, 5.74) is -1.98. The highest BCUT2D eigenvalue weighted by Crippen LogP contribution is 2.29. The summed E-state index contributed by atoms with van der Waals surface area (Å²) in [6, 6.07) is 0.370. The Morgan fingerprint density at radius 1 is 1.57 bits per heavy atom. The predicted molar refractivity (Wildman–Crippen MR) is 40.8 cm³/mol. The average molecular weight is 227 g/mol.